The second-order valence-corrected chi connectivity index (χ2v) is 8.33. The summed E-state index contributed by atoms with van der Waals surface area (Å²) in [6.45, 7) is 3.73. The number of carbonyl (C=O) groups is 1. The number of benzene rings is 3. The quantitative estimate of drug-likeness (QED) is 0.214. The zero-order chi connectivity index (χ0) is 24.0. The van der Waals surface area contributed by atoms with Crippen molar-refractivity contribution in [1.29, 1.82) is 0 Å². The summed E-state index contributed by atoms with van der Waals surface area (Å²) in [7, 11) is 0. The molecule has 6 nitrogen and oxygen atoms in total. The minimum atomic E-state index is -0.105. The zero-order valence-corrected chi connectivity index (χ0v) is 20.1. The van der Waals surface area contributed by atoms with E-state index in [0.717, 1.165) is 29.2 Å². The maximum atomic E-state index is 11.1. The fraction of sp³-hybridized carbons (Fsp3) is 0.321. The van der Waals surface area contributed by atoms with E-state index < -0.39 is 0 Å². The predicted octanol–water partition coefficient (Wildman–Crippen LogP) is 9.38. The first-order chi connectivity index (χ1) is 16.6. The predicted molar refractivity (Wildman–Crippen MR) is 139 cm³/mol. The molecule has 0 saturated heterocycles. The van der Waals surface area contributed by atoms with Crippen molar-refractivity contribution >= 4 is 34.3 Å². The van der Waals surface area contributed by atoms with E-state index in [9.17, 15) is 4.79 Å². The fourth-order valence-corrected chi connectivity index (χ4v) is 3.47. The van der Waals surface area contributed by atoms with Crippen LogP contribution in [0.4, 0.5) is 28.4 Å². The van der Waals surface area contributed by atoms with Gasteiger partial charge in [-0.3, -0.25) is 4.79 Å². The average Bonchev–Trinajstić information content (AvgIpc) is 2.85. The molecule has 1 amide bonds. The van der Waals surface area contributed by atoms with E-state index in [1.54, 1.807) is 24.3 Å². The van der Waals surface area contributed by atoms with Crippen LogP contribution in [0.2, 0.25) is 0 Å². The Morgan fingerprint density at radius 3 is 1.50 bits per heavy atom. The summed E-state index contributed by atoms with van der Waals surface area (Å²) in [5.41, 5.74) is 5.12. The number of azo groups is 2. The van der Waals surface area contributed by atoms with Crippen LogP contribution in [-0.2, 0) is 11.2 Å². The third-order valence-electron chi connectivity index (χ3n) is 5.35. The van der Waals surface area contributed by atoms with Gasteiger partial charge in [-0.05, 0) is 79.1 Å². The first-order valence-corrected chi connectivity index (χ1v) is 12.0. The Hall–Kier alpha value is -3.67. The van der Waals surface area contributed by atoms with E-state index in [1.165, 1.54) is 51.0 Å². The first-order valence-electron chi connectivity index (χ1n) is 12.0. The number of amides is 1. The molecule has 0 spiro atoms. The molecule has 3 rings (SSSR count). The average molecular weight is 456 g/mol. The topological polar surface area (TPSA) is 78.5 Å². The lowest BCUT2D eigenvalue weighted by atomic mass is 10.0. The molecule has 176 valence electrons. The molecule has 1 N–H and O–H groups in total. The van der Waals surface area contributed by atoms with Gasteiger partial charge in [0.2, 0.25) is 5.91 Å². The highest BCUT2D eigenvalue weighted by molar-refractivity contribution is 5.88. The van der Waals surface area contributed by atoms with E-state index >= 15 is 0 Å². The smallest absolute Gasteiger partial charge is 0.221 e. The van der Waals surface area contributed by atoms with Crippen LogP contribution in [0.25, 0.3) is 0 Å². The molecule has 3 aromatic rings. The van der Waals surface area contributed by atoms with E-state index in [0.29, 0.717) is 5.69 Å². The standard InChI is InChI=1S/C28H33N5O/c1-3-4-5-6-7-8-9-23-10-12-25(13-11-23)30-32-27-18-20-28(21-19-27)33-31-26-16-14-24(15-17-26)29-22(2)34/h10-21H,3-9H2,1-2H3,(H,29,34). The largest absolute Gasteiger partial charge is 0.326 e. The Labute approximate surface area is 202 Å². The fourth-order valence-electron chi connectivity index (χ4n) is 3.47. The number of hydrogen-bond donors (Lipinski definition) is 1. The van der Waals surface area contributed by atoms with Gasteiger partial charge < -0.3 is 5.32 Å². The van der Waals surface area contributed by atoms with Crippen LogP contribution in [0.1, 0.15) is 57.9 Å². The van der Waals surface area contributed by atoms with Crippen LogP contribution < -0.4 is 5.32 Å². The summed E-state index contributed by atoms with van der Waals surface area (Å²) >= 11 is 0. The number of carbonyl (C=O) groups excluding carboxylic acids is 1. The zero-order valence-electron chi connectivity index (χ0n) is 20.1. The molecule has 6 heteroatoms. The second-order valence-electron chi connectivity index (χ2n) is 8.33. The van der Waals surface area contributed by atoms with Crippen molar-refractivity contribution in [2.75, 3.05) is 5.32 Å². The van der Waals surface area contributed by atoms with Crippen molar-refractivity contribution in [2.45, 2.75) is 58.8 Å². The van der Waals surface area contributed by atoms with Gasteiger partial charge >= 0.3 is 0 Å². The molecule has 34 heavy (non-hydrogen) atoms. The molecule has 0 aliphatic carbocycles. The minimum Gasteiger partial charge on any atom is -0.326 e. The summed E-state index contributed by atoms with van der Waals surface area (Å²) in [5.74, 6) is -0.105. The minimum absolute atomic E-state index is 0.105. The summed E-state index contributed by atoms with van der Waals surface area (Å²) in [6.07, 6.45) is 9.02. The number of unbranched alkanes of at least 4 members (excludes halogenated alkanes) is 5. The summed E-state index contributed by atoms with van der Waals surface area (Å²) in [5, 5.41) is 19.9. The molecule has 0 atom stereocenters. The lowest BCUT2D eigenvalue weighted by Crippen LogP contribution is -2.04. The van der Waals surface area contributed by atoms with E-state index in [1.807, 2.05) is 36.4 Å². The van der Waals surface area contributed by atoms with Crippen molar-refractivity contribution in [2.24, 2.45) is 20.5 Å². The number of aryl methyl sites for hydroxylation is 1. The lowest BCUT2D eigenvalue weighted by molar-refractivity contribution is -0.114. The normalized spacial score (nSPS) is 11.4. The van der Waals surface area contributed by atoms with Crippen molar-refractivity contribution in [1.82, 2.24) is 0 Å². The van der Waals surface area contributed by atoms with Gasteiger partial charge in [0, 0.05) is 12.6 Å². The van der Waals surface area contributed by atoms with Crippen LogP contribution in [-0.4, -0.2) is 5.91 Å². The molecule has 0 bridgehead atoms. The summed E-state index contributed by atoms with van der Waals surface area (Å²) in [4.78, 5) is 11.1. The molecule has 0 aliphatic heterocycles. The monoisotopic (exact) mass is 455 g/mol. The Balaban J connectivity index is 1.47. The van der Waals surface area contributed by atoms with Gasteiger partial charge in [0.25, 0.3) is 0 Å². The molecule has 0 aliphatic rings. The Morgan fingerprint density at radius 2 is 1.03 bits per heavy atom. The van der Waals surface area contributed by atoms with Crippen LogP contribution in [0, 0.1) is 0 Å². The van der Waals surface area contributed by atoms with E-state index in [2.05, 4.69) is 44.8 Å². The highest BCUT2D eigenvalue weighted by Crippen LogP contribution is 2.24. The van der Waals surface area contributed by atoms with Gasteiger partial charge in [0.05, 0.1) is 22.7 Å². The second kappa shape index (κ2) is 13.8. The third kappa shape index (κ3) is 9.06. The van der Waals surface area contributed by atoms with Crippen LogP contribution in [0.15, 0.2) is 93.3 Å². The SMILES string of the molecule is CCCCCCCCc1ccc(N=Nc2ccc(N=Nc3ccc(NC(C)=O)cc3)cc2)cc1. The number of anilines is 1. The molecule has 0 aromatic heterocycles. The van der Waals surface area contributed by atoms with E-state index in [4.69, 9.17) is 0 Å². The molecule has 3 aromatic carbocycles. The molecular formula is C28H33N5O. The van der Waals surface area contributed by atoms with Crippen molar-refractivity contribution in [3.8, 4) is 0 Å². The molecular weight excluding hydrogens is 422 g/mol. The van der Waals surface area contributed by atoms with Gasteiger partial charge in [0.15, 0.2) is 0 Å². The molecule has 0 radical (unpaired) electrons. The highest BCUT2D eigenvalue weighted by atomic mass is 16.1. The molecule has 0 saturated carbocycles. The van der Waals surface area contributed by atoms with Crippen molar-refractivity contribution < 1.29 is 4.79 Å². The van der Waals surface area contributed by atoms with Gasteiger partial charge in [-0.25, -0.2) is 0 Å². The van der Waals surface area contributed by atoms with Crippen LogP contribution in [0.3, 0.4) is 0 Å². The Morgan fingerprint density at radius 1 is 0.618 bits per heavy atom. The van der Waals surface area contributed by atoms with Gasteiger partial charge in [-0.1, -0.05) is 51.2 Å². The van der Waals surface area contributed by atoms with Crippen LogP contribution >= 0.6 is 0 Å². The number of rotatable bonds is 12. The molecule has 0 fully saturated rings. The van der Waals surface area contributed by atoms with Crippen molar-refractivity contribution in [3.05, 3.63) is 78.4 Å². The number of nitrogens with zero attached hydrogens (tertiary/aromatic N) is 4. The highest BCUT2D eigenvalue weighted by Gasteiger charge is 1.98. The Bertz CT molecular complexity index is 1070. The number of nitrogens with one attached hydrogen (secondary N) is 1. The van der Waals surface area contributed by atoms with Gasteiger partial charge in [-0.15, -0.1) is 0 Å². The van der Waals surface area contributed by atoms with E-state index in [-0.39, 0.29) is 5.91 Å². The number of hydrogen-bond acceptors (Lipinski definition) is 5. The first kappa shape index (κ1) is 25.0. The maximum Gasteiger partial charge on any atom is 0.221 e. The van der Waals surface area contributed by atoms with Gasteiger partial charge in [0.1, 0.15) is 0 Å². The molecule has 0 heterocycles. The summed E-state index contributed by atoms with van der Waals surface area (Å²) in [6, 6.07) is 23.0. The lowest BCUT2D eigenvalue weighted by Gasteiger charge is -2.02. The molecule has 0 unspecified atom stereocenters. The van der Waals surface area contributed by atoms with Gasteiger partial charge in [-0.2, -0.15) is 20.5 Å². The summed E-state index contributed by atoms with van der Waals surface area (Å²) < 4.78 is 0. The maximum absolute atomic E-state index is 11.1. The van der Waals surface area contributed by atoms with Crippen LogP contribution in [0.5, 0.6) is 0 Å². The third-order valence-corrected chi connectivity index (χ3v) is 5.35. The Kier molecular flexibility index (Phi) is 10.1. The van der Waals surface area contributed by atoms with Crippen molar-refractivity contribution in [3.63, 3.8) is 0 Å².